The summed E-state index contributed by atoms with van der Waals surface area (Å²) >= 11 is 6.03. The van der Waals surface area contributed by atoms with Crippen LogP contribution in [0.1, 0.15) is 17.0 Å². The van der Waals surface area contributed by atoms with Gasteiger partial charge in [-0.15, -0.1) is 0 Å². The number of aromatic nitrogens is 2. The second-order valence-electron chi connectivity index (χ2n) is 3.38. The molecule has 0 amide bonds. The van der Waals surface area contributed by atoms with E-state index in [4.69, 9.17) is 22.1 Å². The maximum absolute atomic E-state index is 8.97. The molecule has 0 N–H and O–H groups in total. The molecule has 2 rings (SSSR count). The molecule has 2 aromatic rings. The first-order chi connectivity index (χ1) is 8.26. The molecule has 0 bridgehead atoms. The SMILES string of the molecule is N#Cc1ncn(Cc2ccccc2Cl)c1C#N. The van der Waals surface area contributed by atoms with E-state index in [1.54, 1.807) is 10.6 Å². The molecule has 0 radical (unpaired) electrons. The molecule has 0 aliphatic carbocycles. The third-order valence-corrected chi connectivity index (χ3v) is 2.72. The van der Waals surface area contributed by atoms with Crippen LogP contribution in [-0.2, 0) is 6.54 Å². The van der Waals surface area contributed by atoms with Crippen molar-refractivity contribution >= 4 is 11.6 Å². The van der Waals surface area contributed by atoms with Crippen LogP contribution in [-0.4, -0.2) is 9.55 Å². The van der Waals surface area contributed by atoms with Crippen LogP contribution >= 0.6 is 11.6 Å². The van der Waals surface area contributed by atoms with Crippen molar-refractivity contribution in [2.45, 2.75) is 6.54 Å². The lowest BCUT2D eigenvalue weighted by Crippen LogP contribution is -2.02. The van der Waals surface area contributed by atoms with Gasteiger partial charge >= 0.3 is 0 Å². The molecule has 0 saturated carbocycles. The highest BCUT2D eigenvalue weighted by atomic mass is 35.5. The van der Waals surface area contributed by atoms with Crippen molar-refractivity contribution in [1.82, 2.24) is 9.55 Å². The molecular weight excluding hydrogens is 236 g/mol. The third kappa shape index (κ3) is 2.13. The van der Waals surface area contributed by atoms with E-state index in [1.807, 2.05) is 30.3 Å². The molecule has 0 aliphatic heterocycles. The number of hydrogen-bond acceptors (Lipinski definition) is 3. The fourth-order valence-electron chi connectivity index (χ4n) is 1.51. The highest BCUT2D eigenvalue weighted by Crippen LogP contribution is 2.17. The Labute approximate surface area is 103 Å². The number of hydrogen-bond donors (Lipinski definition) is 0. The fourth-order valence-corrected chi connectivity index (χ4v) is 1.71. The highest BCUT2D eigenvalue weighted by Gasteiger charge is 2.10. The monoisotopic (exact) mass is 242 g/mol. The minimum absolute atomic E-state index is 0.138. The van der Waals surface area contributed by atoms with Gasteiger partial charge in [-0.3, -0.25) is 0 Å². The zero-order chi connectivity index (χ0) is 12.3. The second kappa shape index (κ2) is 4.69. The van der Waals surface area contributed by atoms with Crippen LogP contribution in [0.2, 0.25) is 5.02 Å². The Morgan fingerprint density at radius 2 is 2.00 bits per heavy atom. The van der Waals surface area contributed by atoms with Crippen molar-refractivity contribution in [3.05, 3.63) is 52.6 Å². The summed E-state index contributed by atoms with van der Waals surface area (Å²) in [5.74, 6) is 0. The largest absolute Gasteiger partial charge is 0.317 e. The molecule has 5 heteroatoms. The lowest BCUT2D eigenvalue weighted by molar-refractivity contribution is 0.786. The predicted molar refractivity (Wildman–Crippen MR) is 62.2 cm³/mol. The average Bonchev–Trinajstić information content (AvgIpc) is 2.74. The predicted octanol–water partition coefficient (Wildman–Crippen LogP) is 2.33. The van der Waals surface area contributed by atoms with Crippen molar-refractivity contribution in [2.24, 2.45) is 0 Å². The van der Waals surface area contributed by atoms with Crippen molar-refractivity contribution in [1.29, 1.82) is 10.5 Å². The van der Waals surface area contributed by atoms with E-state index in [2.05, 4.69) is 4.98 Å². The Kier molecular flexibility index (Phi) is 3.09. The second-order valence-corrected chi connectivity index (χ2v) is 3.79. The number of nitriles is 2. The van der Waals surface area contributed by atoms with E-state index >= 15 is 0 Å². The van der Waals surface area contributed by atoms with Crippen molar-refractivity contribution < 1.29 is 0 Å². The zero-order valence-electron chi connectivity index (χ0n) is 8.76. The quantitative estimate of drug-likeness (QED) is 0.812. The molecule has 82 valence electrons. The summed E-state index contributed by atoms with van der Waals surface area (Å²) in [5, 5.41) is 18.4. The van der Waals surface area contributed by atoms with E-state index in [0.29, 0.717) is 11.6 Å². The van der Waals surface area contributed by atoms with Gasteiger partial charge in [-0.2, -0.15) is 10.5 Å². The van der Waals surface area contributed by atoms with Crippen LogP contribution in [0.4, 0.5) is 0 Å². The zero-order valence-corrected chi connectivity index (χ0v) is 9.52. The Bertz CT molecular complexity index is 631. The molecule has 1 aromatic heterocycles. The van der Waals surface area contributed by atoms with Gasteiger partial charge in [0.2, 0.25) is 0 Å². The maximum Gasteiger partial charge on any atom is 0.176 e. The first kappa shape index (κ1) is 11.2. The van der Waals surface area contributed by atoms with Crippen molar-refractivity contribution in [2.75, 3.05) is 0 Å². The van der Waals surface area contributed by atoms with Crippen LogP contribution in [0.3, 0.4) is 0 Å². The third-order valence-electron chi connectivity index (χ3n) is 2.35. The van der Waals surface area contributed by atoms with Crippen LogP contribution in [0.15, 0.2) is 30.6 Å². The van der Waals surface area contributed by atoms with Gasteiger partial charge in [0, 0.05) is 5.02 Å². The molecule has 4 nitrogen and oxygen atoms in total. The Morgan fingerprint density at radius 3 is 2.65 bits per heavy atom. The summed E-state index contributed by atoms with van der Waals surface area (Å²) < 4.78 is 1.61. The Morgan fingerprint density at radius 1 is 1.24 bits per heavy atom. The smallest absolute Gasteiger partial charge is 0.176 e. The molecule has 17 heavy (non-hydrogen) atoms. The standard InChI is InChI=1S/C12H7ClN4/c13-10-4-2-1-3-9(10)7-17-8-16-11(5-14)12(17)6-15/h1-4,8H,7H2. The van der Waals surface area contributed by atoms with Crippen molar-refractivity contribution in [3.8, 4) is 12.1 Å². The lowest BCUT2D eigenvalue weighted by Gasteiger charge is -2.05. The molecule has 1 heterocycles. The van der Waals surface area contributed by atoms with E-state index < -0.39 is 0 Å². The van der Waals surface area contributed by atoms with Crippen LogP contribution in [0, 0.1) is 22.7 Å². The highest BCUT2D eigenvalue weighted by molar-refractivity contribution is 6.31. The van der Waals surface area contributed by atoms with Gasteiger partial charge in [-0.05, 0) is 11.6 Å². The maximum atomic E-state index is 8.97. The van der Waals surface area contributed by atoms with E-state index in [9.17, 15) is 0 Å². The lowest BCUT2D eigenvalue weighted by atomic mass is 10.2. The van der Waals surface area contributed by atoms with Gasteiger partial charge < -0.3 is 4.57 Å². The molecule has 0 fully saturated rings. The van der Waals surface area contributed by atoms with Crippen molar-refractivity contribution in [3.63, 3.8) is 0 Å². The van der Waals surface area contributed by atoms with E-state index in [-0.39, 0.29) is 11.4 Å². The summed E-state index contributed by atoms with van der Waals surface area (Å²) in [6.07, 6.45) is 1.47. The topological polar surface area (TPSA) is 65.4 Å². The molecular formula is C12H7ClN4. The van der Waals surface area contributed by atoms with Gasteiger partial charge in [0.25, 0.3) is 0 Å². The number of benzene rings is 1. The average molecular weight is 243 g/mol. The van der Waals surface area contributed by atoms with Gasteiger partial charge in [0.15, 0.2) is 11.4 Å². The van der Waals surface area contributed by atoms with Gasteiger partial charge in [-0.1, -0.05) is 29.8 Å². The van der Waals surface area contributed by atoms with Crippen LogP contribution < -0.4 is 0 Å². The normalized spacial score (nSPS) is 9.59. The molecule has 0 saturated heterocycles. The summed E-state index contributed by atoms with van der Waals surface area (Å²) in [7, 11) is 0. The Hall–Kier alpha value is -2.30. The molecule has 0 atom stereocenters. The van der Waals surface area contributed by atoms with Crippen LogP contribution in [0.5, 0.6) is 0 Å². The minimum Gasteiger partial charge on any atom is -0.317 e. The van der Waals surface area contributed by atoms with Crippen LogP contribution in [0.25, 0.3) is 0 Å². The minimum atomic E-state index is 0.138. The first-order valence-electron chi connectivity index (χ1n) is 4.85. The van der Waals surface area contributed by atoms with Gasteiger partial charge in [0.1, 0.15) is 12.1 Å². The van der Waals surface area contributed by atoms with Gasteiger partial charge in [-0.25, -0.2) is 4.98 Å². The molecule has 1 aromatic carbocycles. The van der Waals surface area contributed by atoms with E-state index in [0.717, 1.165) is 5.56 Å². The number of imidazole rings is 1. The Balaban J connectivity index is 2.39. The molecule has 0 unspecified atom stereocenters. The fraction of sp³-hybridized carbons (Fsp3) is 0.0833. The van der Waals surface area contributed by atoms with Gasteiger partial charge in [0.05, 0.1) is 12.9 Å². The number of rotatable bonds is 2. The molecule has 0 spiro atoms. The number of nitrogens with zero attached hydrogens (tertiary/aromatic N) is 4. The van der Waals surface area contributed by atoms with E-state index in [1.165, 1.54) is 6.33 Å². The number of halogens is 1. The summed E-state index contributed by atoms with van der Waals surface area (Å²) in [6, 6.07) is 11.2. The molecule has 0 aliphatic rings. The summed E-state index contributed by atoms with van der Waals surface area (Å²) in [5.41, 5.74) is 1.28. The summed E-state index contributed by atoms with van der Waals surface area (Å²) in [6.45, 7) is 0.428. The summed E-state index contributed by atoms with van der Waals surface area (Å²) in [4.78, 5) is 3.87. The first-order valence-corrected chi connectivity index (χ1v) is 5.22.